The summed E-state index contributed by atoms with van der Waals surface area (Å²) < 4.78 is 80.4. The molecule has 19 heavy (non-hydrogen) atoms. The smallest absolute Gasteiger partial charge is 0.344 e. The Bertz CT molecular complexity index is 530. The van der Waals surface area contributed by atoms with Crippen LogP contribution in [0, 0.1) is 6.92 Å². The third-order valence-corrected chi connectivity index (χ3v) is 1.85. The lowest BCUT2D eigenvalue weighted by Crippen LogP contribution is -1.95. The zero-order valence-corrected chi connectivity index (χ0v) is 9.32. The van der Waals surface area contributed by atoms with Crippen LogP contribution < -0.4 is 9.47 Å². The van der Waals surface area contributed by atoms with E-state index in [0.717, 1.165) is 18.2 Å². The van der Waals surface area contributed by atoms with Crippen LogP contribution in [0.5, 0.6) is 11.5 Å². The summed E-state index contributed by atoms with van der Waals surface area (Å²) in [5, 5.41) is 0. The van der Waals surface area contributed by atoms with Crippen molar-refractivity contribution in [3.05, 3.63) is 47.9 Å². The standard InChI is InChI=1S/C11H6F6O2/c1-5-4-6(18-10(16)8(12)13)2-3-7(5)19-11(17)9(14)15/h2-4H,1H3. The number of ether oxygens (including phenoxy) is 2. The summed E-state index contributed by atoms with van der Waals surface area (Å²) >= 11 is 0. The topological polar surface area (TPSA) is 18.5 Å². The van der Waals surface area contributed by atoms with Crippen LogP contribution in [0.15, 0.2) is 42.4 Å². The summed E-state index contributed by atoms with van der Waals surface area (Å²) in [7, 11) is 0. The molecule has 0 aromatic heterocycles. The van der Waals surface area contributed by atoms with Crippen LogP contribution in [0.2, 0.25) is 0 Å². The van der Waals surface area contributed by atoms with Gasteiger partial charge in [-0.25, -0.2) is 0 Å². The maximum Gasteiger partial charge on any atom is 0.344 e. The van der Waals surface area contributed by atoms with Crippen LogP contribution in [0.1, 0.15) is 5.56 Å². The molecule has 0 saturated carbocycles. The van der Waals surface area contributed by atoms with Gasteiger partial charge in [-0.15, -0.1) is 0 Å². The van der Waals surface area contributed by atoms with E-state index in [-0.39, 0.29) is 17.1 Å². The van der Waals surface area contributed by atoms with E-state index in [0.29, 0.717) is 0 Å². The first-order chi connectivity index (χ1) is 8.81. The molecule has 0 unspecified atom stereocenters. The Kier molecular flexibility index (Phi) is 4.85. The van der Waals surface area contributed by atoms with Gasteiger partial charge in [-0.05, 0) is 30.7 Å². The molecule has 0 radical (unpaired) electrons. The molecule has 1 aromatic carbocycles. The van der Waals surface area contributed by atoms with Crippen LogP contribution in [-0.4, -0.2) is 0 Å². The highest BCUT2D eigenvalue weighted by Gasteiger charge is 2.12. The van der Waals surface area contributed by atoms with Gasteiger partial charge in [0, 0.05) is 0 Å². The summed E-state index contributed by atoms with van der Waals surface area (Å²) in [6, 6.07) is -1.24. The zero-order chi connectivity index (χ0) is 14.6. The number of rotatable bonds is 4. The van der Waals surface area contributed by atoms with Gasteiger partial charge in [0.15, 0.2) is 0 Å². The summed E-state index contributed by atoms with van der Waals surface area (Å²) in [4.78, 5) is 0. The van der Waals surface area contributed by atoms with Gasteiger partial charge in [0.2, 0.25) is 0 Å². The third-order valence-electron chi connectivity index (χ3n) is 1.85. The lowest BCUT2D eigenvalue weighted by atomic mass is 10.2. The first kappa shape index (κ1) is 14.9. The Labute approximate surface area is 103 Å². The largest absolute Gasteiger partial charge is 0.428 e. The Morgan fingerprint density at radius 1 is 0.842 bits per heavy atom. The molecular formula is C11H6F6O2. The molecule has 0 N–H and O–H groups in total. The molecule has 0 atom stereocenters. The molecule has 0 aliphatic carbocycles. The van der Waals surface area contributed by atoms with Gasteiger partial charge in [-0.3, -0.25) is 0 Å². The van der Waals surface area contributed by atoms with E-state index in [1.54, 1.807) is 0 Å². The van der Waals surface area contributed by atoms with Gasteiger partial charge in [0.25, 0.3) is 0 Å². The number of benzene rings is 1. The monoisotopic (exact) mass is 284 g/mol. The minimum absolute atomic E-state index is 0.0842. The first-order valence-corrected chi connectivity index (χ1v) is 4.69. The average Bonchev–Trinajstić information content (AvgIpc) is 2.32. The van der Waals surface area contributed by atoms with Crippen molar-refractivity contribution in [2.75, 3.05) is 0 Å². The van der Waals surface area contributed by atoms with E-state index in [1.807, 2.05) is 0 Å². The molecule has 0 heterocycles. The quantitative estimate of drug-likeness (QED) is 0.582. The van der Waals surface area contributed by atoms with Crippen molar-refractivity contribution in [2.45, 2.75) is 6.92 Å². The Morgan fingerprint density at radius 3 is 1.84 bits per heavy atom. The maximum atomic E-state index is 12.5. The van der Waals surface area contributed by atoms with Crippen molar-refractivity contribution in [2.24, 2.45) is 0 Å². The molecule has 2 nitrogen and oxygen atoms in total. The van der Waals surface area contributed by atoms with E-state index in [9.17, 15) is 26.3 Å². The second kappa shape index (κ2) is 6.17. The van der Waals surface area contributed by atoms with Crippen molar-refractivity contribution in [1.82, 2.24) is 0 Å². The molecule has 0 bridgehead atoms. The Hall–Kier alpha value is -2.12. The number of hydrogen-bond acceptors (Lipinski definition) is 2. The first-order valence-electron chi connectivity index (χ1n) is 4.69. The summed E-state index contributed by atoms with van der Waals surface area (Å²) in [5.41, 5.74) is 0.0842. The predicted molar refractivity (Wildman–Crippen MR) is 53.1 cm³/mol. The van der Waals surface area contributed by atoms with Crippen LogP contribution >= 0.6 is 0 Å². The van der Waals surface area contributed by atoms with E-state index in [1.165, 1.54) is 6.92 Å². The molecule has 104 valence electrons. The van der Waals surface area contributed by atoms with Crippen molar-refractivity contribution >= 4 is 0 Å². The van der Waals surface area contributed by atoms with E-state index in [2.05, 4.69) is 9.47 Å². The lowest BCUT2D eigenvalue weighted by Gasteiger charge is -2.08. The second-order valence-electron chi connectivity index (χ2n) is 3.20. The van der Waals surface area contributed by atoms with E-state index in [4.69, 9.17) is 0 Å². The van der Waals surface area contributed by atoms with Gasteiger partial charge in [0.1, 0.15) is 11.5 Å². The van der Waals surface area contributed by atoms with Crippen LogP contribution in [0.25, 0.3) is 0 Å². The van der Waals surface area contributed by atoms with Crippen LogP contribution in [-0.2, 0) is 0 Å². The number of hydrogen-bond donors (Lipinski definition) is 0. The molecule has 0 amide bonds. The summed E-state index contributed by atoms with van der Waals surface area (Å²) in [5.74, 6) is -0.608. The molecule has 0 saturated heterocycles. The molecule has 0 aliphatic rings. The molecule has 0 fully saturated rings. The number of halogens is 6. The Balaban J connectivity index is 2.93. The fourth-order valence-corrected chi connectivity index (χ4v) is 1.08. The normalized spacial score (nSPS) is 9.84. The summed E-state index contributed by atoms with van der Waals surface area (Å²) in [6.45, 7) is 1.30. The minimum atomic E-state index is -2.65. The van der Waals surface area contributed by atoms with Gasteiger partial charge < -0.3 is 9.47 Å². The van der Waals surface area contributed by atoms with Gasteiger partial charge in [-0.1, -0.05) is 0 Å². The van der Waals surface area contributed by atoms with E-state index < -0.39 is 24.2 Å². The third kappa shape index (κ3) is 4.23. The average molecular weight is 284 g/mol. The minimum Gasteiger partial charge on any atom is -0.428 e. The highest BCUT2D eigenvalue weighted by molar-refractivity contribution is 5.40. The van der Waals surface area contributed by atoms with Crippen LogP contribution in [0.3, 0.4) is 0 Å². The molecular weight excluding hydrogens is 278 g/mol. The Morgan fingerprint density at radius 2 is 1.37 bits per heavy atom. The molecule has 8 heteroatoms. The van der Waals surface area contributed by atoms with Crippen molar-refractivity contribution in [3.63, 3.8) is 0 Å². The predicted octanol–water partition coefficient (Wildman–Crippen LogP) is 4.82. The summed E-state index contributed by atoms with van der Waals surface area (Å²) in [6.07, 6.45) is -5.29. The maximum absolute atomic E-state index is 12.5. The second-order valence-corrected chi connectivity index (χ2v) is 3.20. The zero-order valence-electron chi connectivity index (χ0n) is 9.32. The molecule has 1 aromatic rings. The fourth-order valence-electron chi connectivity index (χ4n) is 1.08. The van der Waals surface area contributed by atoms with Gasteiger partial charge >= 0.3 is 24.2 Å². The highest BCUT2D eigenvalue weighted by atomic mass is 19.3. The van der Waals surface area contributed by atoms with Gasteiger partial charge in [-0.2, -0.15) is 26.3 Å². The number of aryl methyl sites for hydroxylation is 1. The lowest BCUT2D eigenvalue weighted by molar-refractivity contribution is 0.236. The van der Waals surface area contributed by atoms with Crippen molar-refractivity contribution < 1.29 is 35.8 Å². The molecule has 0 spiro atoms. The highest BCUT2D eigenvalue weighted by Crippen LogP contribution is 2.28. The molecule has 0 aliphatic heterocycles. The molecule has 1 rings (SSSR count). The van der Waals surface area contributed by atoms with Crippen molar-refractivity contribution in [1.29, 1.82) is 0 Å². The van der Waals surface area contributed by atoms with Crippen molar-refractivity contribution in [3.8, 4) is 11.5 Å². The van der Waals surface area contributed by atoms with Crippen LogP contribution in [0.4, 0.5) is 26.3 Å². The van der Waals surface area contributed by atoms with E-state index >= 15 is 0 Å². The van der Waals surface area contributed by atoms with Gasteiger partial charge in [0.05, 0.1) is 0 Å². The fraction of sp³-hybridized carbons (Fsp3) is 0.0909. The SMILES string of the molecule is Cc1cc(OC(F)=C(F)F)ccc1OC(F)=C(F)F.